The van der Waals surface area contributed by atoms with Gasteiger partial charge in [-0.3, -0.25) is 4.79 Å². The Morgan fingerprint density at radius 2 is 1.95 bits per heavy atom. The van der Waals surface area contributed by atoms with E-state index in [0.717, 1.165) is 20.2 Å². The van der Waals surface area contributed by atoms with E-state index in [-0.39, 0.29) is 5.91 Å². The molecule has 0 aliphatic rings. The van der Waals surface area contributed by atoms with E-state index in [9.17, 15) is 4.79 Å². The monoisotopic (exact) mass is 394 g/mol. The molecule has 0 atom stereocenters. The highest BCUT2D eigenvalue weighted by atomic mass is 79.9. The van der Waals surface area contributed by atoms with Gasteiger partial charge in [-0.05, 0) is 57.9 Å². The lowest BCUT2D eigenvalue weighted by atomic mass is 10.2. The van der Waals surface area contributed by atoms with Crippen LogP contribution in [0.15, 0.2) is 57.5 Å². The maximum Gasteiger partial charge on any atom is 0.248 e. The van der Waals surface area contributed by atoms with Crippen molar-refractivity contribution < 1.29 is 4.79 Å². The lowest BCUT2D eigenvalue weighted by Gasteiger charge is -2.05. The molecule has 102 valence electrons. The molecule has 3 nitrogen and oxygen atoms in total. The van der Waals surface area contributed by atoms with E-state index in [2.05, 4.69) is 37.2 Å². The van der Waals surface area contributed by atoms with Crippen molar-refractivity contribution in [1.82, 2.24) is 0 Å². The summed E-state index contributed by atoms with van der Waals surface area (Å²) in [4.78, 5) is 11.8. The number of nitrogens with two attached hydrogens (primary N) is 1. The molecule has 20 heavy (non-hydrogen) atoms. The van der Waals surface area contributed by atoms with Crippen LogP contribution in [0.3, 0.4) is 0 Å². The number of anilines is 2. The minimum absolute atomic E-state index is 0.199. The molecule has 0 spiro atoms. The van der Waals surface area contributed by atoms with Gasteiger partial charge >= 0.3 is 0 Å². The second-order valence-electron chi connectivity index (χ2n) is 4.12. The molecule has 0 aliphatic heterocycles. The molecule has 0 bridgehead atoms. The number of nitrogens with one attached hydrogen (secondary N) is 1. The van der Waals surface area contributed by atoms with Gasteiger partial charge in [0.15, 0.2) is 0 Å². The van der Waals surface area contributed by atoms with Gasteiger partial charge in [-0.15, -0.1) is 0 Å². The van der Waals surface area contributed by atoms with Crippen LogP contribution >= 0.6 is 31.9 Å². The number of rotatable bonds is 3. The largest absolute Gasteiger partial charge is 0.399 e. The van der Waals surface area contributed by atoms with Crippen molar-refractivity contribution in [3.63, 3.8) is 0 Å². The first-order chi connectivity index (χ1) is 9.54. The van der Waals surface area contributed by atoms with E-state index in [1.165, 1.54) is 6.08 Å². The Bertz CT molecular complexity index is 669. The molecule has 0 fully saturated rings. The summed E-state index contributed by atoms with van der Waals surface area (Å²) in [5.41, 5.74) is 7.95. The number of carbonyl (C=O) groups is 1. The zero-order chi connectivity index (χ0) is 14.5. The second-order valence-corrected chi connectivity index (χ2v) is 5.89. The molecule has 0 heterocycles. The molecule has 0 radical (unpaired) electrons. The quantitative estimate of drug-likeness (QED) is 0.595. The Balaban J connectivity index is 2.05. The fourth-order valence-corrected chi connectivity index (χ4v) is 2.75. The maximum atomic E-state index is 11.8. The molecule has 2 aromatic carbocycles. The van der Waals surface area contributed by atoms with Crippen molar-refractivity contribution in [1.29, 1.82) is 0 Å². The van der Waals surface area contributed by atoms with Crippen LogP contribution in [0.2, 0.25) is 0 Å². The van der Waals surface area contributed by atoms with E-state index in [0.29, 0.717) is 5.69 Å². The fourth-order valence-electron chi connectivity index (χ4n) is 1.60. The molecular formula is C15H12Br2N2O. The predicted octanol–water partition coefficient (Wildman–Crippen LogP) is 4.45. The number of hydrogen-bond acceptors (Lipinski definition) is 2. The Morgan fingerprint density at radius 3 is 2.65 bits per heavy atom. The minimum atomic E-state index is -0.199. The fraction of sp³-hybridized carbons (Fsp3) is 0. The number of hydrogen-bond donors (Lipinski definition) is 2. The summed E-state index contributed by atoms with van der Waals surface area (Å²) in [5.74, 6) is -0.199. The van der Waals surface area contributed by atoms with Crippen LogP contribution in [0.4, 0.5) is 11.4 Å². The normalized spacial score (nSPS) is 10.7. The Hall–Kier alpha value is -1.59. The van der Waals surface area contributed by atoms with Gasteiger partial charge in [-0.1, -0.05) is 28.1 Å². The van der Waals surface area contributed by atoms with E-state index >= 15 is 0 Å². The summed E-state index contributed by atoms with van der Waals surface area (Å²) in [5, 5.41) is 2.80. The highest BCUT2D eigenvalue weighted by molar-refractivity contribution is 9.11. The van der Waals surface area contributed by atoms with E-state index in [4.69, 9.17) is 5.73 Å². The molecule has 2 rings (SSSR count). The third kappa shape index (κ3) is 4.21. The standard InChI is InChI=1S/C15H12Br2N2O/c16-11-5-6-14(13(17)9-11)19-15(20)7-4-10-2-1-3-12(18)8-10/h1-9H,18H2,(H,19,20)/b7-4+. The Labute approximate surface area is 134 Å². The third-order valence-corrected chi connectivity index (χ3v) is 3.68. The molecule has 2 aromatic rings. The zero-order valence-corrected chi connectivity index (χ0v) is 13.6. The van der Waals surface area contributed by atoms with Crippen LogP contribution in [-0.2, 0) is 4.79 Å². The van der Waals surface area contributed by atoms with Crippen molar-refractivity contribution >= 4 is 55.2 Å². The lowest BCUT2D eigenvalue weighted by Crippen LogP contribution is -2.08. The van der Waals surface area contributed by atoms with Crippen LogP contribution in [0.5, 0.6) is 0 Å². The number of carbonyl (C=O) groups excluding carboxylic acids is 1. The smallest absolute Gasteiger partial charge is 0.248 e. The SMILES string of the molecule is Nc1cccc(/C=C/C(=O)Nc2ccc(Br)cc2Br)c1. The molecular weight excluding hydrogens is 384 g/mol. The van der Waals surface area contributed by atoms with Gasteiger partial charge in [0.25, 0.3) is 0 Å². The second kappa shape index (κ2) is 6.72. The molecule has 0 saturated carbocycles. The lowest BCUT2D eigenvalue weighted by molar-refractivity contribution is -0.111. The average molecular weight is 396 g/mol. The Kier molecular flexibility index (Phi) is 4.98. The van der Waals surface area contributed by atoms with Crippen molar-refractivity contribution in [2.24, 2.45) is 0 Å². The predicted molar refractivity (Wildman–Crippen MR) is 90.4 cm³/mol. The van der Waals surface area contributed by atoms with Gasteiger partial charge in [0.1, 0.15) is 0 Å². The molecule has 3 N–H and O–H groups in total. The highest BCUT2D eigenvalue weighted by Crippen LogP contribution is 2.26. The summed E-state index contributed by atoms with van der Waals surface area (Å²) in [6.45, 7) is 0. The van der Waals surface area contributed by atoms with Crippen molar-refractivity contribution in [3.05, 3.63) is 63.0 Å². The molecule has 0 saturated heterocycles. The van der Waals surface area contributed by atoms with Crippen LogP contribution < -0.4 is 11.1 Å². The number of halogens is 2. The summed E-state index contributed by atoms with van der Waals surface area (Å²) in [6, 6.07) is 12.9. The number of amides is 1. The van der Waals surface area contributed by atoms with Gasteiger partial charge in [0.2, 0.25) is 5.91 Å². The van der Waals surface area contributed by atoms with Gasteiger partial charge in [0, 0.05) is 20.7 Å². The average Bonchev–Trinajstić information content (AvgIpc) is 2.40. The minimum Gasteiger partial charge on any atom is -0.399 e. The van der Waals surface area contributed by atoms with Crippen LogP contribution in [-0.4, -0.2) is 5.91 Å². The van der Waals surface area contributed by atoms with Gasteiger partial charge in [-0.2, -0.15) is 0 Å². The first kappa shape index (κ1) is 14.8. The van der Waals surface area contributed by atoms with Crippen LogP contribution in [0.25, 0.3) is 6.08 Å². The summed E-state index contributed by atoms with van der Waals surface area (Å²) < 4.78 is 1.76. The van der Waals surface area contributed by atoms with Gasteiger partial charge < -0.3 is 11.1 Å². The number of benzene rings is 2. The summed E-state index contributed by atoms with van der Waals surface area (Å²) in [6.07, 6.45) is 3.20. The van der Waals surface area contributed by atoms with Crippen molar-refractivity contribution in [3.8, 4) is 0 Å². The van der Waals surface area contributed by atoms with Crippen LogP contribution in [0.1, 0.15) is 5.56 Å². The van der Waals surface area contributed by atoms with Gasteiger partial charge in [-0.25, -0.2) is 0 Å². The van der Waals surface area contributed by atoms with E-state index in [1.807, 2.05) is 30.3 Å². The summed E-state index contributed by atoms with van der Waals surface area (Å²) in [7, 11) is 0. The molecule has 1 amide bonds. The third-order valence-electron chi connectivity index (χ3n) is 2.53. The molecule has 0 aliphatic carbocycles. The Morgan fingerprint density at radius 1 is 1.15 bits per heavy atom. The van der Waals surface area contributed by atoms with Crippen molar-refractivity contribution in [2.75, 3.05) is 11.1 Å². The zero-order valence-electron chi connectivity index (χ0n) is 10.4. The highest BCUT2D eigenvalue weighted by Gasteiger charge is 2.03. The van der Waals surface area contributed by atoms with Gasteiger partial charge in [0.05, 0.1) is 5.69 Å². The number of nitrogen functional groups attached to an aromatic ring is 1. The molecule has 0 unspecified atom stereocenters. The van der Waals surface area contributed by atoms with Crippen molar-refractivity contribution in [2.45, 2.75) is 0 Å². The van der Waals surface area contributed by atoms with Crippen LogP contribution in [0, 0.1) is 0 Å². The van der Waals surface area contributed by atoms with E-state index in [1.54, 1.807) is 18.2 Å². The maximum absolute atomic E-state index is 11.8. The summed E-state index contributed by atoms with van der Waals surface area (Å²) >= 11 is 6.76. The van der Waals surface area contributed by atoms with E-state index < -0.39 is 0 Å². The first-order valence-corrected chi connectivity index (χ1v) is 7.43. The topological polar surface area (TPSA) is 55.1 Å². The first-order valence-electron chi connectivity index (χ1n) is 5.84. The molecule has 0 aromatic heterocycles. The molecule has 5 heteroatoms.